The van der Waals surface area contributed by atoms with Crippen LogP contribution in [0.4, 0.5) is 0 Å². The molecule has 0 fully saturated rings. The number of phenolic OH excluding ortho intramolecular Hbond substituents is 1. The lowest BCUT2D eigenvalue weighted by molar-refractivity contribution is -0.266. The van der Waals surface area contributed by atoms with Crippen molar-refractivity contribution in [2.24, 2.45) is 0 Å². The molecule has 1 aromatic carbocycles. The van der Waals surface area contributed by atoms with E-state index in [1.165, 1.54) is 12.1 Å². The van der Waals surface area contributed by atoms with Crippen LogP contribution in [0.5, 0.6) is 11.5 Å². The van der Waals surface area contributed by atoms with Gasteiger partial charge in [0, 0.05) is 13.3 Å². The first-order valence-corrected chi connectivity index (χ1v) is 7.80. The lowest BCUT2D eigenvalue weighted by Gasteiger charge is -2.27. The topological polar surface area (TPSA) is 43.3 Å². The molecule has 0 aliphatic carbocycles. The minimum Gasteiger partial charge on any atom is -0.870 e. The molecule has 0 spiro atoms. The number of phenols is 1. The van der Waals surface area contributed by atoms with E-state index in [1.807, 2.05) is 0 Å². The highest BCUT2D eigenvalue weighted by Crippen LogP contribution is 2.58. The van der Waals surface area contributed by atoms with E-state index in [4.69, 9.17) is 0 Å². The average molecular weight is 226 g/mol. The van der Waals surface area contributed by atoms with E-state index in [-0.39, 0.29) is 11.5 Å². The maximum absolute atomic E-state index is 11.8. The summed E-state index contributed by atoms with van der Waals surface area (Å²) in [5, 5.41) is 22.1. The molecule has 0 saturated heterocycles. The molecule has 0 aromatic heterocycles. The summed E-state index contributed by atoms with van der Waals surface area (Å²) in [6.07, 6.45) is 3.12. The van der Waals surface area contributed by atoms with Crippen LogP contribution in [-0.2, 0) is 0 Å². The normalized spacial score (nSPS) is 11.7. The van der Waals surface area contributed by atoms with Gasteiger partial charge in [0.1, 0.15) is 5.75 Å². The molecular weight excluding hydrogens is 207 g/mol. The van der Waals surface area contributed by atoms with Crippen LogP contribution in [0.25, 0.3) is 0 Å². The zero-order chi connectivity index (χ0) is 11.5. The molecule has 84 valence electrons. The van der Waals surface area contributed by atoms with Gasteiger partial charge in [-0.2, -0.15) is 0 Å². The van der Waals surface area contributed by atoms with Crippen molar-refractivity contribution in [2.45, 2.75) is 20.8 Å². The summed E-state index contributed by atoms with van der Waals surface area (Å²) in [7, 11) is -1.33. The Bertz CT molecular complexity index is 324. The fourth-order valence-electron chi connectivity index (χ4n) is 2.06. The van der Waals surface area contributed by atoms with E-state index in [0.717, 1.165) is 23.8 Å². The standard InChI is InChI=1S/C12H19O2P/c1-4-15(5-2,6-3)12-9-10(13)7-8-11(12)14/h7-9H,4-6H2,1-3H3,(H-,13,14). The first-order valence-electron chi connectivity index (χ1n) is 5.46. The van der Waals surface area contributed by atoms with E-state index in [2.05, 4.69) is 20.8 Å². The molecule has 0 saturated carbocycles. The minimum absolute atomic E-state index is 0.0895. The molecule has 0 amide bonds. The zero-order valence-corrected chi connectivity index (χ0v) is 10.6. The van der Waals surface area contributed by atoms with Gasteiger partial charge in [-0.05, 0) is 26.8 Å². The van der Waals surface area contributed by atoms with Crippen LogP contribution in [0, 0.1) is 0 Å². The smallest absolute Gasteiger partial charge is 0.119 e. The largest absolute Gasteiger partial charge is 0.870 e. The Morgan fingerprint density at radius 2 is 1.67 bits per heavy atom. The van der Waals surface area contributed by atoms with Gasteiger partial charge < -0.3 is 10.2 Å². The second kappa shape index (κ2) is 4.85. The van der Waals surface area contributed by atoms with Gasteiger partial charge in [-0.25, -0.2) is 0 Å². The second-order valence-corrected chi connectivity index (χ2v) is 8.42. The summed E-state index contributed by atoms with van der Waals surface area (Å²) >= 11 is 0. The molecule has 0 heterocycles. The van der Waals surface area contributed by atoms with Gasteiger partial charge in [0.15, 0.2) is 0 Å². The Labute approximate surface area is 92.3 Å². The quantitative estimate of drug-likeness (QED) is 0.799. The van der Waals surface area contributed by atoms with E-state index in [9.17, 15) is 10.2 Å². The van der Waals surface area contributed by atoms with Crippen molar-refractivity contribution >= 4 is 12.6 Å². The Balaban J connectivity index is 3.27. The summed E-state index contributed by atoms with van der Waals surface area (Å²) in [5.74, 6) is 0.302. The van der Waals surface area contributed by atoms with Gasteiger partial charge in [0.05, 0.1) is 23.8 Å². The van der Waals surface area contributed by atoms with Crippen LogP contribution >= 0.6 is 7.26 Å². The van der Waals surface area contributed by atoms with Crippen molar-refractivity contribution in [3.8, 4) is 11.5 Å². The van der Waals surface area contributed by atoms with Crippen LogP contribution in [0.2, 0.25) is 0 Å². The lowest BCUT2D eigenvalue weighted by atomic mass is 10.3. The highest BCUT2D eigenvalue weighted by Gasteiger charge is 2.34. The van der Waals surface area contributed by atoms with Gasteiger partial charge >= 0.3 is 0 Å². The maximum Gasteiger partial charge on any atom is 0.119 e. The first-order chi connectivity index (χ1) is 7.09. The van der Waals surface area contributed by atoms with Gasteiger partial charge in [-0.3, -0.25) is 0 Å². The fourth-order valence-corrected chi connectivity index (χ4v) is 5.37. The van der Waals surface area contributed by atoms with Crippen LogP contribution in [0.3, 0.4) is 0 Å². The van der Waals surface area contributed by atoms with E-state index >= 15 is 0 Å². The molecule has 0 unspecified atom stereocenters. The van der Waals surface area contributed by atoms with Crippen LogP contribution in [-0.4, -0.2) is 23.6 Å². The number of rotatable bonds is 4. The fraction of sp³-hybridized carbons (Fsp3) is 0.500. The first kappa shape index (κ1) is 12.3. The van der Waals surface area contributed by atoms with Crippen LogP contribution < -0.4 is 10.4 Å². The van der Waals surface area contributed by atoms with Crippen molar-refractivity contribution in [3.63, 3.8) is 0 Å². The predicted octanol–water partition coefficient (Wildman–Crippen LogP) is 2.17. The van der Waals surface area contributed by atoms with Crippen molar-refractivity contribution < 1.29 is 10.2 Å². The Kier molecular flexibility index (Phi) is 3.98. The van der Waals surface area contributed by atoms with Gasteiger partial charge in [0.2, 0.25) is 0 Å². The van der Waals surface area contributed by atoms with Crippen molar-refractivity contribution in [1.29, 1.82) is 0 Å². The molecule has 1 rings (SSSR count). The Morgan fingerprint density at radius 3 is 2.13 bits per heavy atom. The van der Waals surface area contributed by atoms with Gasteiger partial charge in [0.25, 0.3) is 0 Å². The number of aromatic hydroxyl groups is 1. The second-order valence-electron chi connectivity index (χ2n) is 3.75. The van der Waals surface area contributed by atoms with E-state index in [1.54, 1.807) is 6.07 Å². The SMILES string of the molecule is CC[P+](CC)(CC)c1cc(O)ccc1[O-]. The molecule has 0 bridgehead atoms. The van der Waals surface area contributed by atoms with Crippen molar-refractivity contribution in [2.75, 3.05) is 18.5 Å². The summed E-state index contributed by atoms with van der Waals surface area (Å²) in [6.45, 7) is 6.43. The molecule has 0 radical (unpaired) electrons. The molecule has 0 atom stereocenters. The van der Waals surface area contributed by atoms with Gasteiger partial charge in [-0.1, -0.05) is 11.8 Å². The highest BCUT2D eigenvalue weighted by atomic mass is 31.2. The molecule has 1 N–H and O–H groups in total. The van der Waals surface area contributed by atoms with E-state index in [0.29, 0.717) is 0 Å². The summed E-state index contributed by atoms with van der Waals surface area (Å²) in [5.41, 5.74) is 0. The third kappa shape index (κ3) is 2.26. The number of benzene rings is 1. The third-order valence-corrected chi connectivity index (χ3v) is 8.27. The van der Waals surface area contributed by atoms with Crippen molar-refractivity contribution in [3.05, 3.63) is 18.2 Å². The average Bonchev–Trinajstić information content (AvgIpc) is 2.26. The molecule has 15 heavy (non-hydrogen) atoms. The maximum atomic E-state index is 11.8. The number of hydrogen-bond donors (Lipinski definition) is 1. The molecule has 0 aliphatic heterocycles. The Hall–Kier alpha value is -0.750. The van der Waals surface area contributed by atoms with Crippen LogP contribution in [0.1, 0.15) is 20.8 Å². The molecular formula is C12H19O2P. The summed E-state index contributed by atoms with van der Waals surface area (Å²) in [6, 6.07) is 4.63. The van der Waals surface area contributed by atoms with E-state index < -0.39 is 7.26 Å². The minimum atomic E-state index is -1.33. The number of hydrogen-bond acceptors (Lipinski definition) is 2. The molecule has 2 nitrogen and oxygen atoms in total. The molecule has 3 heteroatoms. The van der Waals surface area contributed by atoms with Crippen LogP contribution in [0.15, 0.2) is 18.2 Å². The van der Waals surface area contributed by atoms with Gasteiger partial charge in [-0.15, -0.1) is 0 Å². The summed E-state index contributed by atoms with van der Waals surface area (Å²) < 4.78 is 0. The predicted molar refractivity (Wildman–Crippen MR) is 65.7 cm³/mol. The monoisotopic (exact) mass is 226 g/mol. The highest BCUT2D eigenvalue weighted by molar-refractivity contribution is 7.83. The lowest BCUT2D eigenvalue weighted by Crippen LogP contribution is -2.21. The Morgan fingerprint density at radius 1 is 1.13 bits per heavy atom. The zero-order valence-electron chi connectivity index (χ0n) is 9.66. The summed E-state index contributed by atoms with van der Waals surface area (Å²) in [4.78, 5) is 0. The third-order valence-electron chi connectivity index (χ3n) is 3.27. The molecule has 0 aliphatic rings. The van der Waals surface area contributed by atoms with Crippen molar-refractivity contribution in [1.82, 2.24) is 0 Å². The molecule has 1 aromatic rings.